The van der Waals surface area contributed by atoms with E-state index in [1.54, 1.807) is 31.2 Å². The number of carbonyl (C=O) groups is 1. The summed E-state index contributed by atoms with van der Waals surface area (Å²) in [4.78, 5) is 10.9. The zero-order chi connectivity index (χ0) is 18.8. The minimum absolute atomic E-state index is 0.0656. The molecule has 5 nitrogen and oxygen atoms in total. The van der Waals surface area contributed by atoms with Crippen molar-refractivity contribution in [3.8, 4) is 0 Å². The molecule has 1 atom stereocenters. The molecule has 0 spiro atoms. The number of rotatable bonds is 5. The van der Waals surface area contributed by atoms with Gasteiger partial charge in [-0.2, -0.15) is 0 Å². The fourth-order valence-corrected chi connectivity index (χ4v) is 5.01. The second-order valence-corrected chi connectivity index (χ2v) is 8.25. The highest BCUT2D eigenvalue weighted by Crippen LogP contribution is 2.33. The van der Waals surface area contributed by atoms with Crippen LogP contribution in [0.1, 0.15) is 25.5 Å². The van der Waals surface area contributed by atoms with Crippen molar-refractivity contribution in [3.63, 3.8) is 0 Å². The molecule has 0 aromatic heterocycles. The van der Waals surface area contributed by atoms with Gasteiger partial charge in [-0.25, -0.2) is 13.1 Å². The van der Waals surface area contributed by atoms with Crippen molar-refractivity contribution >= 4 is 56.4 Å². The van der Waals surface area contributed by atoms with Gasteiger partial charge in [0.05, 0.1) is 10.0 Å². The quantitative estimate of drug-likeness (QED) is 0.738. The highest BCUT2D eigenvalue weighted by atomic mass is 35.5. The molecule has 9 heteroatoms. The molecule has 2 aromatic carbocycles. The van der Waals surface area contributed by atoms with Crippen LogP contribution in [0.3, 0.4) is 0 Å². The Bertz CT molecular complexity index is 894. The maximum Gasteiger partial charge on any atom is 0.244 e. The highest BCUT2D eigenvalue weighted by Gasteiger charge is 2.25. The van der Waals surface area contributed by atoms with Crippen LogP contribution in [-0.4, -0.2) is 14.3 Å². The Morgan fingerprint density at radius 3 is 2.24 bits per heavy atom. The first kappa shape index (κ1) is 20.0. The van der Waals surface area contributed by atoms with Crippen molar-refractivity contribution in [3.05, 3.63) is 57.0 Å². The highest BCUT2D eigenvalue weighted by molar-refractivity contribution is 7.89. The smallest absolute Gasteiger partial charge is 0.244 e. The largest absolute Gasteiger partial charge is 0.326 e. The third-order valence-corrected chi connectivity index (χ3v) is 5.95. The zero-order valence-corrected chi connectivity index (χ0v) is 16.4. The van der Waals surface area contributed by atoms with Crippen LogP contribution in [0.4, 0.5) is 5.69 Å². The van der Waals surface area contributed by atoms with E-state index in [0.29, 0.717) is 11.3 Å². The average Bonchev–Trinajstić information content (AvgIpc) is 2.44. The van der Waals surface area contributed by atoms with Crippen molar-refractivity contribution in [2.24, 2.45) is 0 Å². The van der Waals surface area contributed by atoms with E-state index in [4.69, 9.17) is 34.8 Å². The van der Waals surface area contributed by atoms with Crippen LogP contribution in [0.25, 0.3) is 0 Å². The van der Waals surface area contributed by atoms with Crippen LogP contribution in [0.15, 0.2) is 41.3 Å². The number of amides is 1. The van der Waals surface area contributed by atoms with Gasteiger partial charge in [0, 0.05) is 23.7 Å². The lowest BCUT2D eigenvalue weighted by Crippen LogP contribution is -2.27. The second kappa shape index (κ2) is 7.93. The normalized spacial score (nSPS) is 12.7. The van der Waals surface area contributed by atoms with Crippen LogP contribution < -0.4 is 10.0 Å². The Morgan fingerprint density at radius 1 is 1.08 bits per heavy atom. The molecule has 0 heterocycles. The van der Waals surface area contributed by atoms with E-state index in [-0.39, 0.29) is 25.9 Å². The number of hydrogen-bond donors (Lipinski definition) is 2. The van der Waals surface area contributed by atoms with Gasteiger partial charge >= 0.3 is 0 Å². The number of anilines is 1. The lowest BCUT2D eigenvalue weighted by atomic mass is 10.1. The van der Waals surface area contributed by atoms with Gasteiger partial charge in [-0.15, -0.1) is 0 Å². The monoisotopic (exact) mass is 420 g/mol. The minimum atomic E-state index is -3.98. The molecule has 1 unspecified atom stereocenters. The molecule has 25 heavy (non-hydrogen) atoms. The minimum Gasteiger partial charge on any atom is -0.326 e. The molecular formula is C16H15Cl3N2O3S. The molecule has 134 valence electrons. The number of benzene rings is 2. The molecule has 0 aliphatic rings. The van der Waals surface area contributed by atoms with Gasteiger partial charge in [0.15, 0.2) is 0 Å². The fraction of sp³-hybridized carbons (Fsp3) is 0.188. The van der Waals surface area contributed by atoms with Crippen LogP contribution in [-0.2, 0) is 14.8 Å². The summed E-state index contributed by atoms with van der Waals surface area (Å²) < 4.78 is 27.8. The van der Waals surface area contributed by atoms with E-state index in [1.165, 1.54) is 19.1 Å². The van der Waals surface area contributed by atoms with Crippen LogP contribution in [0, 0.1) is 0 Å². The summed E-state index contributed by atoms with van der Waals surface area (Å²) in [5.41, 5.74) is 1.23. The predicted octanol–water partition coefficient (Wildman–Crippen LogP) is 4.64. The summed E-state index contributed by atoms with van der Waals surface area (Å²) in [5, 5.41) is 2.76. The summed E-state index contributed by atoms with van der Waals surface area (Å²) in [6.07, 6.45) is 0. The molecule has 0 bridgehead atoms. The summed E-state index contributed by atoms with van der Waals surface area (Å²) >= 11 is 17.8. The number of sulfonamides is 1. The maximum absolute atomic E-state index is 12.6. The summed E-state index contributed by atoms with van der Waals surface area (Å²) in [6.45, 7) is 3.06. The van der Waals surface area contributed by atoms with E-state index in [0.717, 1.165) is 0 Å². The number of halogens is 3. The number of nitrogens with one attached hydrogen (secondary N) is 2. The molecule has 0 saturated carbocycles. The van der Waals surface area contributed by atoms with Gasteiger partial charge in [-0.3, -0.25) is 4.79 Å². The van der Waals surface area contributed by atoms with Crippen LogP contribution >= 0.6 is 34.8 Å². The van der Waals surface area contributed by atoms with E-state index in [1.807, 2.05) is 0 Å². The molecule has 0 aliphatic carbocycles. The predicted molar refractivity (Wildman–Crippen MR) is 101 cm³/mol. The zero-order valence-electron chi connectivity index (χ0n) is 13.3. The third kappa shape index (κ3) is 5.09. The first-order valence-electron chi connectivity index (χ1n) is 7.14. The molecule has 0 saturated heterocycles. The molecule has 0 aliphatic heterocycles. The van der Waals surface area contributed by atoms with E-state index >= 15 is 0 Å². The number of carbonyl (C=O) groups excluding carboxylic acids is 1. The van der Waals surface area contributed by atoms with E-state index in [9.17, 15) is 13.2 Å². The Morgan fingerprint density at radius 2 is 1.68 bits per heavy atom. The average molecular weight is 422 g/mol. The second-order valence-electron chi connectivity index (χ2n) is 5.35. The van der Waals surface area contributed by atoms with E-state index < -0.39 is 16.1 Å². The summed E-state index contributed by atoms with van der Waals surface area (Å²) in [7, 11) is -3.98. The van der Waals surface area contributed by atoms with Gasteiger partial charge in [0.25, 0.3) is 0 Å². The SMILES string of the molecule is CC(=O)Nc1cccc(C(C)NS(=O)(=O)c2c(Cl)cc(Cl)cc2Cl)c1. The molecule has 2 aromatic rings. The topological polar surface area (TPSA) is 75.3 Å². The van der Waals surface area contributed by atoms with Gasteiger partial charge in [0.1, 0.15) is 4.90 Å². The van der Waals surface area contributed by atoms with Crippen LogP contribution in [0.2, 0.25) is 15.1 Å². The lowest BCUT2D eigenvalue weighted by Gasteiger charge is -2.17. The summed E-state index contributed by atoms with van der Waals surface area (Å²) in [5.74, 6) is -0.217. The van der Waals surface area contributed by atoms with Crippen molar-refractivity contribution in [1.29, 1.82) is 0 Å². The molecule has 1 amide bonds. The Kier molecular flexibility index (Phi) is 6.35. The number of hydrogen-bond acceptors (Lipinski definition) is 3. The lowest BCUT2D eigenvalue weighted by molar-refractivity contribution is -0.114. The molecule has 0 fully saturated rings. The maximum atomic E-state index is 12.6. The van der Waals surface area contributed by atoms with Gasteiger partial charge in [0.2, 0.25) is 15.9 Å². The van der Waals surface area contributed by atoms with E-state index in [2.05, 4.69) is 10.0 Å². The van der Waals surface area contributed by atoms with Crippen molar-refractivity contribution in [2.45, 2.75) is 24.8 Å². The third-order valence-electron chi connectivity index (χ3n) is 3.27. The molecule has 2 rings (SSSR count). The first-order valence-corrected chi connectivity index (χ1v) is 9.76. The van der Waals surface area contributed by atoms with Crippen molar-refractivity contribution in [2.75, 3.05) is 5.32 Å². The Labute approximate surface area is 161 Å². The van der Waals surface area contributed by atoms with Crippen molar-refractivity contribution in [1.82, 2.24) is 4.72 Å². The standard InChI is InChI=1S/C16H15Cl3N2O3S/c1-9(11-4-3-5-13(6-11)20-10(2)22)21-25(23,24)16-14(18)7-12(17)8-15(16)19/h3-9,21H,1-2H3,(H,20,22). The van der Waals surface area contributed by atoms with Crippen LogP contribution in [0.5, 0.6) is 0 Å². The van der Waals surface area contributed by atoms with Crippen molar-refractivity contribution < 1.29 is 13.2 Å². The molecule has 0 radical (unpaired) electrons. The fourth-order valence-electron chi connectivity index (χ4n) is 2.23. The summed E-state index contributed by atoms with van der Waals surface area (Å²) in [6, 6.07) is 8.88. The van der Waals surface area contributed by atoms with Gasteiger partial charge < -0.3 is 5.32 Å². The van der Waals surface area contributed by atoms with Gasteiger partial charge in [-0.05, 0) is 36.8 Å². The Balaban J connectivity index is 2.31. The Hall–Kier alpha value is -1.31. The molecular weight excluding hydrogens is 407 g/mol. The van der Waals surface area contributed by atoms with Gasteiger partial charge in [-0.1, -0.05) is 46.9 Å². The first-order chi connectivity index (χ1) is 11.6. The molecule has 2 N–H and O–H groups in total.